The minimum absolute atomic E-state index is 0.413. The largest absolute Gasteiger partial charge is 0.313 e. The van der Waals surface area contributed by atoms with Gasteiger partial charge in [0.25, 0.3) is 0 Å². The fourth-order valence-electron chi connectivity index (χ4n) is 3.95. The van der Waals surface area contributed by atoms with E-state index in [9.17, 15) is 0 Å². The van der Waals surface area contributed by atoms with E-state index < -0.39 is 5.66 Å². The molecule has 4 N–H and O–H groups in total. The van der Waals surface area contributed by atoms with Crippen molar-refractivity contribution in [3.63, 3.8) is 0 Å². The van der Waals surface area contributed by atoms with Gasteiger partial charge in [-0.15, -0.1) is 0 Å². The minimum Gasteiger partial charge on any atom is -0.313 e. The number of rotatable bonds is 21. The third-order valence-electron chi connectivity index (χ3n) is 5.71. The second-order valence-corrected chi connectivity index (χ2v) is 8.74. The number of unbranched alkanes of at least 4 members (excludes halogenated alkanes) is 17. The Bertz CT molecular complexity index is 263. The van der Waals surface area contributed by atoms with Gasteiger partial charge >= 0.3 is 0 Å². The van der Waals surface area contributed by atoms with Gasteiger partial charge in [-0.3, -0.25) is 0 Å². The van der Waals surface area contributed by atoms with Gasteiger partial charge in [0.1, 0.15) is 0 Å². The molecule has 0 aromatic rings. The molecule has 26 heavy (non-hydrogen) atoms. The Hall–Kier alpha value is -0.0800. The zero-order valence-electron chi connectivity index (χ0n) is 18.5. The normalized spacial score (nSPS) is 12.0. The fraction of sp³-hybridized carbons (Fsp3) is 1.00. The van der Waals surface area contributed by atoms with Crippen molar-refractivity contribution in [1.29, 1.82) is 0 Å². The molecule has 0 unspecified atom stereocenters. The topological polar surface area (TPSA) is 52.0 Å². The summed E-state index contributed by atoms with van der Waals surface area (Å²) in [6.45, 7) is 4.45. The van der Waals surface area contributed by atoms with E-state index in [0.717, 1.165) is 19.3 Å². The van der Waals surface area contributed by atoms with Crippen LogP contribution < -0.4 is 11.5 Å². The van der Waals surface area contributed by atoms with Crippen LogP contribution in [-0.2, 0) is 0 Å². The molecule has 0 aliphatic heterocycles. The average Bonchev–Trinajstić information content (AvgIpc) is 2.60. The maximum Gasteiger partial charge on any atom is 0.0636 e. The van der Waals surface area contributed by atoms with Crippen LogP contribution in [0.1, 0.15) is 149 Å². The molecule has 0 rings (SSSR count). The predicted molar refractivity (Wildman–Crippen MR) is 119 cm³/mol. The quantitative estimate of drug-likeness (QED) is 0.160. The second kappa shape index (κ2) is 19.7. The lowest BCUT2D eigenvalue weighted by Crippen LogP contribution is -2.48. The minimum atomic E-state index is -0.413. The van der Waals surface area contributed by atoms with Crippen molar-refractivity contribution in [3.8, 4) is 0 Å². The van der Waals surface area contributed by atoms with Crippen LogP contribution in [0.15, 0.2) is 0 Å². The summed E-state index contributed by atoms with van der Waals surface area (Å²) in [5, 5.41) is 0. The molecule has 0 atom stereocenters. The third kappa shape index (κ3) is 20.2. The van der Waals surface area contributed by atoms with Crippen LogP contribution in [-0.4, -0.2) is 5.66 Å². The number of nitrogens with two attached hydrogens (primary N) is 2. The van der Waals surface area contributed by atoms with Crippen LogP contribution in [0.25, 0.3) is 0 Å². The number of hydrogen-bond donors (Lipinski definition) is 2. The Morgan fingerprint density at radius 3 is 1.00 bits per heavy atom. The van der Waals surface area contributed by atoms with E-state index in [2.05, 4.69) is 13.8 Å². The van der Waals surface area contributed by atoms with Gasteiger partial charge in [-0.1, -0.05) is 136 Å². The molecule has 158 valence electrons. The molecule has 0 amide bonds. The Morgan fingerprint density at radius 2 is 0.692 bits per heavy atom. The molecule has 0 heterocycles. The molecule has 0 radical (unpaired) electrons. The smallest absolute Gasteiger partial charge is 0.0636 e. The molecule has 0 aliphatic carbocycles. The summed E-state index contributed by atoms with van der Waals surface area (Å²) in [6.07, 6.45) is 28.6. The van der Waals surface area contributed by atoms with Gasteiger partial charge in [-0.25, -0.2) is 0 Å². The molecule has 2 nitrogen and oxygen atoms in total. The van der Waals surface area contributed by atoms with Crippen LogP contribution in [0, 0.1) is 0 Å². The molecule has 0 aromatic heterocycles. The lowest BCUT2D eigenvalue weighted by molar-refractivity contribution is 0.357. The van der Waals surface area contributed by atoms with Gasteiger partial charge < -0.3 is 11.5 Å². The molecule has 0 saturated carbocycles. The Kier molecular flexibility index (Phi) is 19.6. The molecular formula is C24H52N2. The fourth-order valence-corrected chi connectivity index (χ4v) is 3.95. The molecule has 0 bridgehead atoms. The zero-order valence-corrected chi connectivity index (χ0v) is 18.5. The van der Waals surface area contributed by atoms with Gasteiger partial charge in [0.05, 0.1) is 5.66 Å². The third-order valence-corrected chi connectivity index (χ3v) is 5.71. The van der Waals surface area contributed by atoms with Gasteiger partial charge in [0.15, 0.2) is 0 Å². The van der Waals surface area contributed by atoms with E-state index in [-0.39, 0.29) is 0 Å². The van der Waals surface area contributed by atoms with Gasteiger partial charge in [-0.05, 0) is 12.8 Å². The van der Waals surface area contributed by atoms with Crippen molar-refractivity contribution in [3.05, 3.63) is 0 Å². The lowest BCUT2D eigenvalue weighted by atomic mass is 9.97. The Balaban J connectivity index is 3.09. The maximum absolute atomic E-state index is 6.08. The highest BCUT2D eigenvalue weighted by Crippen LogP contribution is 2.16. The molecule has 0 aromatic carbocycles. The number of hydrogen-bond acceptors (Lipinski definition) is 2. The first-order chi connectivity index (χ1) is 12.6. The van der Waals surface area contributed by atoms with Gasteiger partial charge in [0.2, 0.25) is 0 Å². The highest BCUT2D eigenvalue weighted by molar-refractivity contribution is 4.75. The Labute approximate surface area is 166 Å². The van der Waals surface area contributed by atoms with Crippen molar-refractivity contribution in [1.82, 2.24) is 0 Å². The van der Waals surface area contributed by atoms with Crippen LogP contribution >= 0.6 is 0 Å². The van der Waals surface area contributed by atoms with Crippen LogP contribution in [0.4, 0.5) is 0 Å². The van der Waals surface area contributed by atoms with Crippen LogP contribution in [0.5, 0.6) is 0 Å². The summed E-state index contributed by atoms with van der Waals surface area (Å²) in [6, 6.07) is 0. The first kappa shape index (κ1) is 25.9. The maximum atomic E-state index is 6.08. The van der Waals surface area contributed by atoms with E-state index in [0.29, 0.717) is 0 Å². The SMILES string of the molecule is CCCCCCCCCCCCCCCCCCCCC(N)(N)CCC. The molecule has 0 aliphatic rings. The highest BCUT2D eigenvalue weighted by atomic mass is 14.9. The summed E-state index contributed by atoms with van der Waals surface area (Å²) in [4.78, 5) is 0. The summed E-state index contributed by atoms with van der Waals surface area (Å²) >= 11 is 0. The van der Waals surface area contributed by atoms with Crippen molar-refractivity contribution in [2.45, 2.75) is 154 Å². The van der Waals surface area contributed by atoms with Crippen LogP contribution in [0.2, 0.25) is 0 Å². The van der Waals surface area contributed by atoms with Crippen LogP contribution in [0.3, 0.4) is 0 Å². The van der Waals surface area contributed by atoms with E-state index in [1.54, 1.807) is 0 Å². The molecule has 0 spiro atoms. The second-order valence-electron chi connectivity index (χ2n) is 8.74. The first-order valence-electron chi connectivity index (χ1n) is 12.2. The molecular weight excluding hydrogens is 316 g/mol. The van der Waals surface area contributed by atoms with E-state index in [1.807, 2.05) is 0 Å². The molecule has 0 fully saturated rings. The molecule has 2 heteroatoms. The zero-order chi connectivity index (χ0) is 19.3. The Morgan fingerprint density at radius 1 is 0.385 bits per heavy atom. The van der Waals surface area contributed by atoms with E-state index in [4.69, 9.17) is 11.5 Å². The van der Waals surface area contributed by atoms with Crippen molar-refractivity contribution in [2.75, 3.05) is 0 Å². The lowest BCUT2D eigenvalue weighted by Gasteiger charge is -2.23. The molecule has 0 saturated heterocycles. The summed E-state index contributed by atoms with van der Waals surface area (Å²) in [5.74, 6) is 0. The van der Waals surface area contributed by atoms with Crippen molar-refractivity contribution < 1.29 is 0 Å². The summed E-state index contributed by atoms with van der Waals surface area (Å²) < 4.78 is 0. The van der Waals surface area contributed by atoms with Crippen molar-refractivity contribution >= 4 is 0 Å². The van der Waals surface area contributed by atoms with Gasteiger partial charge in [0, 0.05) is 0 Å². The van der Waals surface area contributed by atoms with E-state index in [1.165, 1.54) is 116 Å². The average molecular weight is 369 g/mol. The van der Waals surface area contributed by atoms with Crippen molar-refractivity contribution in [2.24, 2.45) is 11.5 Å². The summed E-state index contributed by atoms with van der Waals surface area (Å²) in [5.41, 5.74) is 11.7. The predicted octanol–water partition coefficient (Wildman–Crippen LogP) is 7.83. The standard InChI is InChI=1S/C24H52N2/c1-3-5-6-7-8-9-10-11-12-13-14-15-16-17-18-19-20-21-23-24(25,26)22-4-2/h3-23,25-26H2,1-2H3. The van der Waals surface area contributed by atoms with Gasteiger partial charge in [-0.2, -0.15) is 0 Å². The summed E-state index contributed by atoms with van der Waals surface area (Å²) in [7, 11) is 0. The monoisotopic (exact) mass is 368 g/mol. The highest BCUT2D eigenvalue weighted by Gasteiger charge is 2.16. The first-order valence-corrected chi connectivity index (χ1v) is 12.2. The van der Waals surface area contributed by atoms with E-state index >= 15 is 0 Å².